The third-order valence-corrected chi connectivity index (χ3v) is 6.48. The minimum atomic E-state index is -4.67. The number of aliphatic hydroxyl groups excluding tert-OH is 7. The van der Waals surface area contributed by atoms with Crippen molar-refractivity contribution in [2.75, 3.05) is 13.2 Å². The normalized spacial score (nSPS) is 48.2. The van der Waals surface area contributed by atoms with Gasteiger partial charge in [0.05, 0.1) is 12.6 Å². The first-order valence-corrected chi connectivity index (χ1v) is 12.9. The van der Waals surface area contributed by atoms with Gasteiger partial charge in [0.1, 0.15) is 61.0 Å². The summed E-state index contributed by atoms with van der Waals surface area (Å²) in [6.45, 7) is -0.763. The average Bonchev–Trinajstić information content (AvgIpc) is 2.83. The zero-order valence-electron chi connectivity index (χ0n) is 20.0. The van der Waals surface area contributed by atoms with Gasteiger partial charge in [-0.05, 0) is 6.42 Å². The largest absolute Gasteiger partial charge is 0.394 e. The molecule has 20 heteroatoms. The third kappa shape index (κ3) is 8.15. The van der Waals surface area contributed by atoms with Gasteiger partial charge in [0.25, 0.3) is 0 Å². The molecule has 0 spiro atoms. The van der Waals surface area contributed by atoms with Gasteiger partial charge in [-0.1, -0.05) is 0 Å². The lowest BCUT2D eigenvalue weighted by molar-refractivity contribution is -0.332. The fraction of sp³-hybridized carbons (Fsp3) is 1.00. The van der Waals surface area contributed by atoms with Crippen LogP contribution in [-0.2, 0) is 29.3 Å². The van der Waals surface area contributed by atoms with Crippen LogP contribution in [0.25, 0.3) is 0 Å². The highest BCUT2D eigenvalue weighted by atomic mass is 32.3. The molecular weight excluding hydrogens is 544 g/mol. The van der Waals surface area contributed by atoms with Crippen LogP contribution in [-0.4, -0.2) is 158 Å². The van der Waals surface area contributed by atoms with Gasteiger partial charge in [0.15, 0.2) is 12.6 Å². The summed E-state index contributed by atoms with van der Waals surface area (Å²) in [6.07, 6.45) is -16.5. The van der Waals surface area contributed by atoms with Gasteiger partial charge in [-0.2, -0.15) is 8.42 Å². The predicted octanol–water partition coefficient (Wildman–Crippen LogP) is -7.94. The van der Waals surface area contributed by atoms with Crippen molar-refractivity contribution in [1.82, 2.24) is 0 Å². The highest BCUT2D eigenvalue weighted by molar-refractivity contribution is 7.79. The summed E-state index contributed by atoms with van der Waals surface area (Å²) in [5, 5.41) is 70.9. The molecule has 3 rings (SSSR count). The number of hydrogen-bond acceptors (Lipinski definition) is 17. The Hall–Kier alpha value is -0.730. The Morgan fingerprint density at radius 1 is 0.711 bits per heavy atom. The maximum atomic E-state index is 10.9. The van der Waals surface area contributed by atoms with E-state index in [1.54, 1.807) is 0 Å². The van der Waals surface area contributed by atoms with Crippen LogP contribution in [0.2, 0.25) is 0 Å². The molecule has 3 aliphatic rings. The van der Waals surface area contributed by atoms with Gasteiger partial charge in [-0.15, -0.1) is 0 Å². The van der Waals surface area contributed by atoms with E-state index in [-0.39, 0.29) is 13.0 Å². The lowest BCUT2D eigenvalue weighted by atomic mass is 9.84. The number of ether oxygens (including phenoxy) is 4. The number of hydrogen-bond donors (Lipinski definition) is 13. The Labute approximate surface area is 217 Å². The van der Waals surface area contributed by atoms with Crippen molar-refractivity contribution in [3.63, 3.8) is 0 Å². The van der Waals surface area contributed by atoms with Gasteiger partial charge in [-0.3, -0.25) is 9.11 Å². The molecule has 0 aromatic rings. The highest BCUT2D eigenvalue weighted by Crippen LogP contribution is 2.31. The molecule has 2 saturated heterocycles. The van der Waals surface area contributed by atoms with E-state index in [9.17, 15) is 35.7 Å². The Bertz CT molecular complexity index is 783. The second-order valence-electron chi connectivity index (χ2n) is 9.24. The van der Waals surface area contributed by atoms with Crippen LogP contribution < -0.4 is 22.9 Å². The molecule has 3 fully saturated rings. The fourth-order valence-electron chi connectivity index (χ4n) is 4.40. The van der Waals surface area contributed by atoms with Crippen molar-refractivity contribution < 1.29 is 72.2 Å². The van der Waals surface area contributed by atoms with E-state index < -0.39 is 109 Å². The van der Waals surface area contributed by atoms with E-state index in [1.807, 2.05) is 0 Å². The molecule has 1 saturated carbocycles. The van der Waals surface area contributed by atoms with Gasteiger partial charge in [0.2, 0.25) is 0 Å². The molecule has 0 unspecified atom stereocenters. The van der Waals surface area contributed by atoms with E-state index >= 15 is 0 Å². The van der Waals surface area contributed by atoms with Crippen molar-refractivity contribution in [3.8, 4) is 0 Å². The first-order valence-electron chi connectivity index (χ1n) is 11.5. The molecular formula is C18H38N4O15S. The monoisotopic (exact) mass is 582 g/mol. The molecule has 15 atom stereocenters. The standard InChI is InChI=1S/C18H36N4O11.H2O4S/c19-2-6-10(25)12(27)13(28)18(30-6)33-16-5(21)1-4(20)15(14(16)29)32-17-11(26)8(22)9(24)7(3-23)31-17;1-5(2,3)4/h4-18,23-29H,1-3,19-22H2;(H2,1,2,3,4)/t4-,5+,6-,7-,8-,9-,10-,11-,12+,13-,14-,15+,16-,17-,18-;/m1./s1. The minimum absolute atomic E-state index is 0.0849. The first kappa shape index (κ1) is 33.5. The molecule has 0 radical (unpaired) electrons. The smallest absolute Gasteiger partial charge is 0.394 e. The summed E-state index contributed by atoms with van der Waals surface area (Å²) in [5.74, 6) is 0. The van der Waals surface area contributed by atoms with Crippen LogP contribution in [0.1, 0.15) is 6.42 Å². The maximum Gasteiger partial charge on any atom is 0.394 e. The van der Waals surface area contributed by atoms with Crippen molar-refractivity contribution in [1.29, 1.82) is 0 Å². The van der Waals surface area contributed by atoms with Gasteiger partial charge in [0, 0.05) is 18.6 Å². The van der Waals surface area contributed by atoms with E-state index in [1.165, 1.54) is 0 Å². The number of aliphatic hydroxyl groups is 7. The number of rotatable bonds is 6. The molecule has 38 heavy (non-hydrogen) atoms. The molecule has 0 bridgehead atoms. The van der Waals surface area contributed by atoms with Crippen LogP contribution in [0.4, 0.5) is 0 Å². The predicted molar refractivity (Wildman–Crippen MR) is 122 cm³/mol. The van der Waals surface area contributed by atoms with Crippen molar-refractivity contribution in [2.24, 2.45) is 22.9 Å². The molecule has 1 aliphatic carbocycles. The first-order chi connectivity index (χ1) is 17.5. The van der Waals surface area contributed by atoms with E-state index in [2.05, 4.69) is 0 Å². The van der Waals surface area contributed by atoms with Gasteiger partial charge >= 0.3 is 10.4 Å². The molecule has 17 N–H and O–H groups in total. The van der Waals surface area contributed by atoms with Gasteiger partial charge in [-0.25, -0.2) is 0 Å². The van der Waals surface area contributed by atoms with Gasteiger partial charge < -0.3 is 77.6 Å². The third-order valence-electron chi connectivity index (χ3n) is 6.48. The Morgan fingerprint density at radius 3 is 1.61 bits per heavy atom. The average molecular weight is 583 g/mol. The summed E-state index contributed by atoms with van der Waals surface area (Å²) in [7, 11) is -4.67. The summed E-state index contributed by atoms with van der Waals surface area (Å²) >= 11 is 0. The summed E-state index contributed by atoms with van der Waals surface area (Å²) < 4.78 is 53.8. The number of nitrogens with two attached hydrogens (primary N) is 4. The molecule has 0 aromatic carbocycles. The summed E-state index contributed by atoms with van der Waals surface area (Å²) in [4.78, 5) is 0. The molecule has 0 amide bonds. The second-order valence-corrected chi connectivity index (χ2v) is 10.1. The summed E-state index contributed by atoms with van der Waals surface area (Å²) in [6, 6.07) is -2.86. The van der Waals surface area contributed by atoms with Crippen LogP contribution in [0, 0.1) is 0 Å². The van der Waals surface area contributed by atoms with E-state index in [0.717, 1.165) is 0 Å². The second kappa shape index (κ2) is 13.8. The van der Waals surface area contributed by atoms with Crippen LogP contribution >= 0.6 is 0 Å². The lowest BCUT2D eigenvalue weighted by Gasteiger charge is -2.48. The quantitative estimate of drug-likeness (QED) is 0.129. The molecule has 2 aliphatic heterocycles. The molecule has 0 aromatic heterocycles. The molecule has 2 heterocycles. The fourth-order valence-corrected chi connectivity index (χ4v) is 4.40. The SMILES string of the molecule is NC[C@H]1O[C@H](O[C@H]2[C@H](O)[C@@H](O[C@H]3O[C@H](CO)[C@@H](O)[C@@H](N)[C@H]3O)[C@H](N)C[C@@H]2N)[C@H](O)[C@@H](O)[C@@H]1O.O=S(=O)(O)O. The summed E-state index contributed by atoms with van der Waals surface area (Å²) in [5.41, 5.74) is 23.5. The van der Waals surface area contributed by atoms with E-state index in [4.69, 9.17) is 59.4 Å². The van der Waals surface area contributed by atoms with Crippen molar-refractivity contribution in [2.45, 2.75) is 98.2 Å². The maximum absolute atomic E-state index is 10.9. The van der Waals surface area contributed by atoms with E-state index in [0.29, 0.717) is 0 Å². The van der Waals surface area contributed by atoms with Crippen molar-refractivity contribution in [3.05, 3.63) is 0 Å². The van der Waals surface area contributed by atoms with Crippen LogP contribution in [0.5, 0.6) is 0 Å². The zero-order chi connectivity index (χ0) is 29.1. The Kier molecular flexibility index (Phi) is 12.1. The Morgan fingerprint density at radius 2 is 1.16 bits per heavy atom. The Balaban J connectivity index is 0.000000926. The topological polar surface area (TPSA) is 357 Å². The van der Waals surface area contributed by atoms with Crippen LogP contribution in [0.15, 0.2) is 0 Å². The highest BCUT2D eigenvalue weighted by Gasteiger charge is 2.51. The molecule has 226 valence electrons. The minimum Gasteiger partial charge on any atom is -0.394 e. The van der Waals surface area contributed by atoms with Crippen molar-refractivity contribution >= 4 is 10.4 Å². The lowest BCUT2D eigenvalue weighted by Crippen LogP contribution is -2.68. The molecule has 19 nitrogen and oxygen atoms in total. The van der Waals surface area contributed by atoms with Crippen LogP contribution in [0.3, 0.4) is 0 Å². The zero-order valence-corrected chi connectivity index (χ0v) is 20.8.